The van der Waals surface area contributed by atoms with Crippen LogP contribution in [0.5, 0.6) is 0 Å². The molecule has 4 nitrogen and oxygen atoms in total. The fourth-order valence-electron chi connectivity index (χ4n) is 2.01. The van der Waals surface area contributed by atoms with Gasteiger partial charge in [0.05, 0.1) is 16.4 Å². The summed E-state index contributed by atoms with van der Waals surface area (Å²) in [6.45, 7) is 3.08. The van der Waals surface area contributed by atoms with Crippen LogP contribution in [0.25, 0.3) is 11.0 Å². The van der Waals surface area contributed by atoms with Crippen molar-refractivity contribution in [1.82, 2.24) is 14.9 Å². The molecule has 1 aromatic carbocycles. The Morgan fingerprint density at radius 3 is 2.95 bits per heavy atom. The van der Waals surface area contributed by atoms with Crippen molar-refractivity contribution >= 4 is 40.1 Å². The number of halogens is 2. The van der Waals surface area contributed by atoms with E-state index < -0.39 is 0 Å². The first-order valence-electron chi connectivity index (χ1n) is 6.13. The van der Waals surface area contributed by atoms with Crippen molar-refractivity contribution in [2.75, 3.05) is 6.54 Å². The molecule has 0 spiro atoms. The molecule has 0 saturated carbocycles. The van der Waals surface area contributed by atoms with Gasteiger partial charge in [-0.2, -0.15) is 0 Å². The summed E-state index contributed by atoms with van der Waals surface area (Å²) in [5, 5.41) is 3.37. The fraction of sp³-hybridized carbons (Fsp3) is 0.385. The van der Waals surface area contributed by atoms with Gasteiger partial charge in [0.15, 0.2) is 0 Å². The Morgan fingerprint density at radius 2 is 2.26 bits per heavy atom. The number of hydrogen-bond donors (Lipinski definition) is 1. The quantitative estimate of drug-likeness (QED) is 0.863. The summed E-state index contributed by atoms with van der Waals surface area (Å²) in [7, 11) is 0. The van der Waals surface area contributed by atoms with Gasteiger partial charge in [-0.25, -0.2) is 4.98 Å². The molecule has 2 aromatic rings. The first kappa shape index (κ1) is 14.2. The van der Waals surface area contributed by atoms with Gasteiger partial charge in [-0.05, 0) is 19.1 Å². The van der Waals surface area contributed by atoms with E-state index in [2.05, 4.69) is 10.3 Å². The number of aromatic nitrogens is 2. The van der Waals surface area contributed by atoms with E-state index in [1.807, 2.05) is 23.6 Å². The minimum atomic E-state index is 0.0203. The largest absolute Gasteiger partial charge is 0.356 e. The van der Waals surface area contributed by atoms with Gasteiger partial charge in [-0.3, -0.25) is 4.79 Å². The standard InChI is InChI=1S/C13H15Cl2N3O/c1-2-16-12(19)6-7-18-10-5-3-4-9(15)13(10)17-11(18)8-14/h3-5H,2,6-8H2,1H3,(H,16,19). The van der Waals surface area contributed by atoms with Crippen LogP contribution in [0.1, 0.15) is 19.2 Å². The molecular formula is C13H15Cl2N3O. The molecule has 0 atom stereocenters. The molecule has 0 aliphatic heterocycles. The van der Waals surface area contributed by atoms with E-state index in [0.29, 0.717) is 30.4 Å². The highest BCUT2D eigenvalue weighted by Gasteiger charge is 2.13. The number of para-hydroxylation sites is 1. The summed E-state index contributed by atoms with van der Waals surface area (Å²) in [6, 6.07) is 5.60. The van der Waals surface area contributed by atoms with Crippen LogP contribution in [-0.2, 0) is 17.2 Å². The lowest BCUT2D eigenvalue weighted by molar-refractivity contribution is -0.121. The van der Waals surface area contributed by atoms with Gasteiger partial charge in [0.25, 0.3) is 0 Å². The molecule has 0 radical (unpaired) electrons. The number of amides is 1. The molecule has 1 aromatic heterocycles. The van der Waals surface area contributed by atoms with Crippen molar-refractivity contribution in [3.8, 4) is 0 Å². The lowest BCUT2D eigenvalue weighted by Gasteiger charge is -2.07. The number of nitrogens with one attached hydrogen (secondary N) is 1. The molecule has 1 heterocycles. The third-order valence-electron chi connectivity index (χ3n) is 2.86. The lowest BCUT2D eigenvalue weighted by atomic mass is 10.3. The van der Waals surface area contributed by atoms with Crippen LogP contribution >= 0.6 is 23.2 Å². The van der Waals surface area contributed by atoms with E-state index in [-0.39, 0.29) is 5.91 Å². The average molecular weight is 300 g/mol. The van der Waals surface area contributed by atoms with E-state index in [1.165, 1.54) is 0 Å². The zero-order valence-corrected chi connectivity index (χ0v) is 12.1. The molecule has 102 valence electrons. The topological polar surface area (TPSA) is 46.9 Å². The second-order valence-corrected chi connectivity index (χ2v) is 4.80. The van der Waals surface area contributed by atoms with E-state index in [9.17, 15) is 4.79 Å². The van der Waals surface area contributed by atoms with Crippen molar-refractivity contribution in [3.05, 3.63) is 29.0 Å². The molecule has 19 heavy (non-hydrogen) atoms. The summed E-state index contributed by atoms with van der Waals surface area (Å²) in [5.41, 5.74) is 1.64. The Labute approximate surface area is 121 Å². The van der Waals surface area contributed by atoms with Crippen LogP contribution in [0.15, 0.2) is 18.2 Å². The Kier molecular flexibility index (Phi) is 4.66. The molecule has 0 aliphatic carbocycles. The molecular weight excluding hydrogens is 285 g/mol. The van der Waals surface area contributed by atoms with Crippen LogP contribution in [0.4, 0.5) is 0 Å². The summed E-state index contributed by atoms with van der Waals surface area (Å²) in [5.74, 6) is 1.04. The molecule has 1 N–H and O–H groups in total. The summed E-state index contributed by atoms with van der Waals surface area (Å²) >= 11 is 12.0. The van der Waals surface area contributed by atoms with Crippen LogP contribution in [0.3, 0.4) is 0 Å². The highest BCUT2D eigenvalue weighted by molar-refractivity contribution is 6.35. The van der Waals surface area contributed by atoms with Crippen molar-refractivity contribution in [3.63, 3.8) is 0 Å². The zero-order valence-electron chi connectivity index (χ0n) is 10.6. The monoisotopic (exact) mass is 299 g/mol. The number of fused-ring (bicyclic) bond motifs is 1. The number of aryl methyl sites for hydroxylation is 1. The van der Waals surface area contributed by atoms with Gasteiger partial charge >= 0.3 is 0 Å². The second kappa shape index (κ2) is 6.26. The normalized spacial score (nSPS) is 10.9. The van der Waals surface area contributed by atoms with Crippen LogP contribution in [0.2, 0.25) is 5.02 Å². The van der Waals surface area contributed by atoms with Gasteiger partial charge in [-0.1, -0.05) is 17.7 Å². The number of nitrogens with zero attached hydrogens (tertiary/aromatic N) is 2. The highest BCUT2D eigenvalue weighted by atomic mass is 35.5. The molecule has 0 saturated heterocycles. The average Bonchev–Trinajstić information content (AvgIpc) is 2.76. The Balaban J connectivity index is 2.30. The van der Waals surface area contributed by atoms with E-state index >= 15 is 0 Å². The Bertz CT molecular complexity index is 595. The number of imidazole rings is 1. The van der Waals surface area contributed by atoms with Gasteiger partial charge in [0.2, 0.25) is 5.91 Å². The third-order valence-corrected chi connectivity index (χ3v) is 3.41. The number of carbonyl (C=O) groups is 1. The highest BCUT2D eigenvalue weighted by Crippen LogP contribution is 2.24. The summed E-state index contributed by atoms with van der Waals surface area (Å²) < 4.78 is 1.95. The molecule has 0 aliphatic rings. The van der Waals surface area contributed by atoms with E-state index in [0.717, 1.165) is 16.9 Å². The van der Waals surface area contributed by atoms with Crippen molar-refractivity contribution in [1.29, 1.82) is 0 Å². The first-order valence-corrected chi connectivity index (χ1v) is 7.05. The van der Waals surface area contributed by atoms with Crippen molar-refractivity contribution in [2.24, 2.45) is 0 Å². The van der Waals surface area contributed by atoms with Crippen LogP contribution in [0, 0.1) is 0 Å². The molecule has 1 amide bonds. The minimum absolute atomic E-state index is 0.0203. The molecule has 6 heteroatoms. The summed E-state index contributed by atoms with van der Waals surface area (Å²) in [6.07, 6.45) is 0.399. The fourth-order valence-corrected chi connectivity index (χ4v) is 2.43. The lowest BCUT2D eigenvalue weighted by Crippen LogP contribution is -2.24. The molecule has 2 rings (SSSR count). The molecule has 0 bridgehead atoms. The van der Waals surface area contributed by atoms with Gasteiger partial charge in [0.1, 0.15) is 11.3 Å². The van der Waals surface area contributed by atoms with Crippen LogP contribution in [-0.4, -0.2) is 22.0 Å². The maximum Gasteiger partial charge on any atom is 0.221 e. The third kappa shape index (κ3) is 3.01. The molecule has 0 fully saturated rings. The summed E-state index contributed by atoms with van der Waals surface area (Å²) in [4.78, 5) is 16.0. The van der Waals surface area contributed by atoms with Crippen LogP contribution < -0.4 is 5.32 Å². The molecule has 0 unspecified atom stereocenters. The number of alkyl halides is 1. The predicted octanol–water partition coefficient (Wildman–Crippen LogP) is 2.95. The minimum Gasteiger partial charge on any atom is -0.356 e. The zero-order chi connectivity index (χ0) is 13.8. The number of rotatable bonds is 5. The SMILES string of the molecule is CCNC(=O)CCn1c(CCl)nc2c(Cl)cccc21. The maximum absolute atomic E-state index is 11.5. The van der Waals surface area contributed by atoms with E-state index in [1.54, 1.807) is 6.07 Å². The Hall–Kier alpha value is -1.26. The smallest absolute Gasteiger partial charge is 0.221 e. The maximum atomic E-state index is 11.5. The number of hydrogen-bond acceptors (Lipinski definition) is 2. The van der Waals surface area contributed by atoms with Gasteiger partial charge in [0, 0.05) is 19.5 Å². The van der Waals surface area contributed by atoms with E-state index in [4.69, 9.17) is 23.2 Å². The van der Waals surface area contributed by atoms with Gasteiger partial charge < -0.3 is 9.88 Å². The van der Waals surface area contributed by atoms with Crippen molar-refractivity contribution < 1.29 is 4.79 Å². The number of carbonyl (C=O) groups excluding carboxylic acids is 1. The van der Waals surface area contributed by atoms with Gasteiger partial charge in [-0.15, -0.1) is 11.6 Å². The second-order valence-electron chi connectivity index (χ2n) is 4.12. The predicted molar refractivity (Wildman–Crippen MR) is 77.6 cm³/mol. The first-order chi connectivity index (χ1) is 9.17. The van der Waals surface area contributed by atoms with Crippen molar-refractivity contribution in [2.45, 2.75) is 25.8 Å². The number of benzene rings is 1. The Morgan fingerprint density at radius 1 is 1.47 bits per heavy atom.